The fourth-order valence-electron chi connectivity index (χ4n) is 2.33. The lowest BCUT2D eigenvalue weighted by Gasteiger charge is -2.12. The molecule has 0 aliphatic rings. The number of aromatic nitrogens is 4. The van der Waals surface area contributed by atoms with Crippen molar-refractivity contribution in [3.05, 3.63) is 41.7 Å². The molecule has 1 unspecified atom stereocenters. The van der Waals surface area contributed by atoms with Crippen molar-refractivity contribution in [2.24, 2.45) is 7.05 Å². The van der Waals surface area contributed by atoms with E-state index in [1.54, 1.807) is 24.6 Å². The largest absolute Gasteiger partial charge is 0.433 e. The number of pyridine rings is 1. The van der Waals surface area contributed by atoms with Crippen LogP contribution in [0.2, 0.25) is 0 Å². The van der Waals surface area contributed by atoms with Gasteiger partial charge in [0.2, 0.25) is 0 Å². The molecule has 0 bridgehead atoms. The summed E-state index contributed by atoms with van der Waals surface area (Å²) in [6, 6.07) is 2.25. The van der Waals surface area contributed by atoms with Crippen LogP contribution in [0, 0.1) is 5.82 Å². The van der Waals surface area contributed by atoms with E-state index in [2.05, 4.69) is 15.0 Å². The van der Waals surface area contributed by atoms with Crippen LogP contribution >= 0.6 is 11.8 Å². The Kier molecular flexibility index (Phi) is 4.31. The molecule has 2 N–H and O–H groups in total. The van der Waals surface area contributed by atoms with E-state index in [4.69, 9.17) is 5.73 Å². The molecule has 0 saturated heterocycles. The van der Waals surface area contributed by atoms with Crippen molar-refractivity contribution in [1.82, 2.24) is 19.5 Å². The van der Waals surface area contributed by atoms with E-state index in [0.717, 1.165) is 11.8 Å². The van der Waals surface area contributed by atoms with Crippen molar-refractivity contribution in [2.75, 3.05) is 5.73 Å². The molecule has 3 aromatic rings. The zero-order chi connectivity index (χ0) is 18.4. The fourth-order valence-corrected chi connectivity index (χ4v) is 3.20. The second-order valence-corrected chi connectivity index (χ2v) is 6.74. The maximum absolute atomic E-state index is 13.9. The highest BCUT2D eigenvalue weighted by Crippen LogP contribution is 2.36. The van der Waals surface area contributed by atoms with E-state index in [-0.39, 0.29) is 11.0 Å². The Balaban J connectivity index is 1.91. The molecule has 3 heterocycles. The van der Waals surface area contributed by atoms with Crippen LogP contribution in [-0.4, -0.2) is 19.5 Å². The smallest absolute Gasteiger partial charge is 0.384 e. The van der Waals surface area contributed by atoms with E-state index < -0.39 is 22.9 Å². The summed E-state index contributed by atoms with van der Waals surface area (Å²) < 4.78 is 54.0. The van der Waals surface area contributed by atoms with E-state index in [1.807, 2.05) is 0 Å². The lowest BCUT2D eigenvalue weighted by molar-refractivity contribution is -0.141. The first-order valence-electron chi connectivity index (χ1n) is 7.14. The molecule has 0 spiro atoms. The topological polar surface area (TPSA) is 69.6 Å². The lowest BCUT2D eigenvalue weighted by Crippen LogP contribution is -2.11. The van der Waals surface area contributed by atoms with E-state index in [9.17, 15) is 17.6 Å². The van der Waals surface area contributed by atoms with Gasteiger partial charge in [-0.15, -0.1) is 0 Å². The Labute approximate surface area is 144 Å². The number of hydrogen-bond donors (Lipinski definition) is 1. The number of anilines is 1. The van der Waals surface area contributed by atoms with Crippen molar-refractivity contribution in [2.45, 2.75) is 23.5 Å². The highest BCUT2D eigenvalue weighted by atomic mass is 32.2. The molecule has 0 saturated carbocycles. The Morgan fingerprint density at radius 1 is 1.24 bits per heavy atom. The van der Waals surface area contributed by atoms with Gasteiger partial charge in [0, 0.05) is 24.7 Å². The SMILES string of the molecule is CC(Sc1nc(N)cc(C(F)(F)F)n1)c1cc2c(F)cn(C)c2cn1. The summed E-state index contributed by atoms with van der Waals surface area (Å²) >= 11 is 0.968. The zero-order valence-corrected chi connectivity index (χ0v) is 14.0. The summed E-state index contributed by atoms with van der Waals surface area (Å²) in [4.78, 5) is 11.6. The molecular formula is C15H13F4N5S. The number of nitrogens with zero attached hydrogens (tertiary/aromatic N) is 4. The molecule has 0 aromatic carbocycles. The third-order valence-electron chi connectivity index (χ3n) is 3.56. The number of hydrogen-bond acceptors (Lipinski definition) is 5. The summed E-state index contributed by atoms with van der Waals surface area (Å²) in [6.45, 7) is 1.72. The van der Waals surface area contributed by atoms with Crippen LogP contribution in [0.25, 0.3) is 10.9 Å². The Morgan fingerprint density at radius 2 is 1.96 bits per heavy atom. The maximum Gasteiger partial charge on any atom is 0.433 e. The number of alkyl halides is 3. The van der Waals surface area contributed by atoms with Gasteiger partial charge in [0.1, 0.15) is 11.6 Å². The van der Waals surface area contributed by atoms with Gasteiger partial charge in [-0.1, -0.05) is 11.8 Å². The first kappa shape index (κ1) is 17.5. The summed E-state index contributed by atoms with van der Waals surface area (Å²) in [5.41, 5.74) is 5.46. The monoisotopic (exact) mass is 371 g/mol. The Bertz CT molecular complexity index is 938. The third-order valence-corrected chi connectivity index (χ3v) is 4.55. The first-order chi connectivity index (χ1) is 11.6. The van der Waals surface area contributed by atoms with Gasteiger partial charge in [0.15, 0.2) is 10.9 Å². The van der Waals surface area contributed by atoms with Gasteiger partial charge in [-0.2, -0.15) is 13.2 Å². The van der Waals surface area contributed by atoms with Gasteiger partial charge in [0.25, 0.3) is 0 Å². The van der Waals surface area contributed by atoms with Gasteiger partial charge in [-0.3, -0.25) is 4.98 Å². The summed E-state index contributed by atoms with van der Waals surface area (Å²) in [7, 11) is 1.70. The van der Waals surface area contributed by atoms with Crippen molar-refractivity contribution in [3.63, 3.8) is 0 Å². The second-order valence-electron chi connectivity index (χ2n) is 5.43. The van der Waals surface area contributed by atoms with Gasteiger partial charge >= 0.3 is 6.18 Å². The highest BCUT2D eigenvalue weighted by Gasteiger charge is 2.33. The Hall–Kier alpha value is -2.36. The third kappa shape index (κ3) is 3.53. The van der Waals surface area contributed by atoms with Gasteiger partial charge in [-0.25, -0.2) is 14.4 Å². The maximum atomic E-state index is 13.9. The number of nitrogens with two attached hydrogens (primary N) is 1. The molecular weight excluding hydrogens is 358 g/mol. The Morgan fingerprint density at radius 3 is 2.64 bits per heavy atom. The molecule has 0 radical (unpaired) electrons. The zero-order valence-electron chi connectivity index (χ0n) is 13.2. The van der Waals surface area contributed by atoms with Gasteiger partial charge < -0.3 is 10.3 Å². The number of nitrogen functional groups attached to an aromatic ring is 1. The second kappa shape index (κ2) is 6.17. The molecule has 132 valence electrons. The quantitative estimate of drug-likeness (QED) is 0.429. The summed E-state index contributed by atoms with van der Waals surface area (Å²) in [6.07, 6.45) is -1.75. The number of rotatable bonds is 3. The van der Waals surface area contributed by atoms with Crippen LogP contribution < -0.4 is 5.73 Å². The van der Waals surface area contributed by atoms with Gasteiger partial charge in [-0.05, 0) is 13.0 Å². The normalized spacial score (nSPS) is 13.4. The molecule has 1 atom stereocenters. The molecule has 0 aliphatic heterocycles. The first-order valence-corrected chi connectivity index (χ1v) is 8.02. The molecule has 3 rings (SSSR count). The number of fused-ring (bicyclic) bond motifs is 1. The highest BCUT2D eigenvalue weighted by molar-refractivity contribution is 7.99. The number of thioether (sulfide) groups is 1. The van der Waals surface area contributed by atoms with Crippen molar-refractivity contribution in [1.29, 1.82) is 0 Å². The molecule has 0 aliphatic carbocycles. The van der Waals surface area contributed by atoms with Crippen molar-refractivity contribution in [3.8, 4) is 0 Å². The van der Waals surface area contributed by atoms with Crippen LogP contribution in [0.3, 0.4) is 0 Å². The number of halogens is 4. The fraction of sp³-hybridized carbons (Fsp3) is 0.267. The lowest BCUT2D eigenvalue weighted by atomic mass is 10.2. The minimum absolute atomic E-state index is 0.116. The minimum atomic E-state index is -4.61. The molecule has 5 nitrogen and oxygen atoms in total. The molecule has 10 heteroatoms. The van der Waals surface area contributed by atoms with Gasteiger partial charge in [0.05, 0.1) is 22.7 Å². The van der Waals surface area contributed by atoms with Crippen molar-refractivity contribution >= 4 is 28.5 Å². The number of aryl methyl sites for hydroxylation is 1. The van der Waals surface area contributed by atoms with E-state index in [0.29, 0.717) is 22.7 Å². The van der Waals surface area contributed by atoms with Crippen LogP contribution in [0.15, 0.2) is 29.7 Å². The molecule has 0 amide bonds. The predicted molar refractivity (Wildman–Crippen MR) is 86.4 cm³/mol. The average molecular weight is 371 g/mol. The van der Waals surface area contributed by atoms with E-state index in [1.165, 1.54) is 12.4 Å². The van der Waals surface area contributed by atoms with Crippen LogP contribution in [0.5, 0.6) is 0 Å². The standard InChI is InChI=1S/C15H13F4N5S/c1-7(10-3-8-9(16)6-24(2)11(8)5-21-10)25-14-22-12(15(17,18)19)4-13(20)23-14/h3-7H,1-2H3,(H2,20,22,23). The van der Waals surface area contributed by atoms with E-state index >= 15 is 0 Å². The minimum Gasteiger partial charge on any atom is -0.384 e. The summed E-state index contributed by atoms with van der Waals surface area (Å²) in [5, 5.41) is -0.119. The summed E-state index contributed by atoms with van der Waals surface area (Å²) in [5.74, 6) is -0.660. The van der Waals surface area contributed by atoms with Crippen LogP contribution in [-0.2, 0) is 13.2 Å². The predicted octanol–water partition coefficient (Wildman–Crippen LogP) is 3.96. The van der Waals surface area contributed by atoms with Crippen molar-refractivity contribution < 1.29 is 17.6 Å². The van der Waals surface area contributed by atoms with Crippen LogP contribution in [0.4, 0.5) is 23.4 Å². The van der Waals surface area contributed by atoms with Crippen LogP contribution in [0.1, 0.15) is 23.6 Å². The average Bonchev–Trinajstić information content (AvgIpc) is 2.80. The molecule has 25 heavy (non-hydrogen) atoms. The molecule has 3 aromatic heterocycles. The molecule has 0 fully saturated rings.